The first-order valence-corrected chi connectivity index (χ1v) is 6.33. The fourth-order valence-corrected chi connectivity index (χ4v) is 2.19. The second-order valence-electron chi connectivity index (χ2n) is 4.90. The van der Waals surface area contributed by atoms with E-state index in [0.29, 0.717) is 22.4 Å². The molecular weight excluding hydrogens is 276 g/mol. The topological polar surface area (TPSA) is 98.5 Å². The molecule has 0 unspecified atom stereocenters. The molecule has 1 N–H and O–H groups in total. The molecule has 108 valence electrons. The highest BCUT2D eigenvalue weighted by molar-refractivity contribution is 5.86. The molecule has 7 nitrogen and oxygen atoms in total. The summed E-state index contributed by atoms with van der Waals surface area (Å²) in [6, 6.07) is 6.35. The number of benzene rings is 1. The lowest BCUT2D eigenvalue weighted by molar-refractivity contribution is 0.0652. The van der Waals surface area contributed by atoms with Gasteiger partial charge in [-0.25, -0.2) is 9.59 Å². The fraction of sp³-hybridized carbons (Fsp3) is 0.214. The van der Waals surface area contributed by atoms with Crippen molar-refractivity contribution in [1.29, 1.82) is 0 Å². The fourth-order valence-electron chi connectivity index (χ4n) is 2.19. The Labute approximate surface area is 118 Å². The maximum Gasteiger partial charge on any atom is 0.420 e. The van der Waals surface area contributed by atoms with Crippen molar-refractivity contribution in [2.24, 2.45) is 0 Å². The Hall–Kier alpha value is -2.83. The second-order valence-corrected chi connectivity index (χ2v) is 4.90. The number of carboxylic acids is 1. The van der Waals surface area contributed by atoms with Crippen LogP contribution in [0.4, 0.5) is 0 Å². The lowest BCUT2D eigenvalue weighted by atomic mass is 10.1. The Kier molecular flexibility index (Phi) is 2.90. The predicted octanol–water partition coefficient (Wildman–Crippen LogP) is 2.53. The molecule has 0 atom stereocenters. The van der Waals surface area contributed by atoms with Gasteiger partial charge in [-0.3, -0.25) is 4.57 Å². The summed E-state index contributed by atoms with van der Waals surface area (Å²) in [5, 5.41) is 12.6. The van der Waals surface area contributed by atoms with E-state index < -0.39 is 11.7 Å². The van der Waals surface area contributed by atoms with Crippen LogP contribution in [0, 0.1) is 0 Å². The largest absolute Gasteiger partial charge is 0.475 e. The zero-order valence-corrected chi connectivity index (χ0v) is 11.4. The molecule has 0 aliphatic carbocycles. The quantitative estimate of drug-likeness (QED) is 0.795. The zero-order valence-electron chi connectivity index (χ0n) is 11.4. The lowest BCUT2D eigenvalue weighted by Crippen LogP contribution is -2.15. The van der Waals surface area contributed by atoms with Crippen LogP contribution >= 0.6 is 0 Å². The SMILES string of the molecule is CC(C)n1c(=O)oc2ccc(-c3cc(C(=O)O)on3)cc21. The molecule has 3 aromatic rings. The van der Waals surface area contributed by atoms with E-state index in [9.17, 15) is 9.59 Å². The third-order valence-corrected chi connectivity index (χ3v) is 3.15. The van der Waals surface area contributed by atoms with Gasteiger partial charge in [0.25, 0.3) is 0 Å². The van der Waals surface area contributed by atoms with E-state index in [-0.39, 0.29) is 11.8 Å². The molecule has 2 aromatic heterocycles. The number of rotatable bonds is 3. The van der Waals surface area contributed by atoms with Crippen LogP contribution in [0.25, 0.3) is 22.4 Å². The summed E-state index contributed by atoms with van der Waals surface area (Å²) in [6.07, 6.45) is 0. The highest BCUT2D eigenvalue weighted by Gasteiger charge is 2.16. The van der Waals surface area contributed by atoms with Gasteiger partial charge >= 0.3 is 11.7 Å². The first-order chi connectivity index (χ1) is 9.97. The van der Waals surface area contributed by atoms with Crippen molar-refractivity contribution in [3.05, 3.63) is 40.6 Å². The third-order valence-electron chi connectivity index (χ3n) is 3.15. The van der Waals surface area contributed by atoms with Gasteiger partial charge in [-0.15, -0.1) is 0 Å². The highest BCUT2D eigenvalue weighted by atomic mass is 16.5. The number of oxazole rings is 1. The van der Waals surface area contributed by atoms with Crippen LogP contribution < -0.4 is 5.76 Å². The molecule has 0 saturated heterocycles. The molecule has 1 aromatic carbocycles. The van der Waals surface area contributed by atoms with Crippen LogP contribution in [0.15, 0.2) is 38.0 Å². The maximum absolute atomic E-state index is 11.8. The van der Waals surface area contributed by atoms with E-state index >= 15 is 0 Å². The van der Waals surface area contributed by atoms with Crippen molar-refractivity contribution in [3.63, 3.8) is 0 Å². The van der Waals surface area contributed by atoms with Gasteiger partial charge in [-0.05, 0) is 32.0 Å². The Balaban J connectivity index is 2.17. The summed E-state index contributed by atoms with van der Waals surface area (Å²) >= 11 is 0. The molecule has 0 bridgehead atoms. The van der Waals surface area contributed by atoms with Gasteiger partial charge in [0.2, 0.25) is 5.76 Å². The molecular formula is C14H12N2O5. The first-order valence-electron chi connectivity index (χ1n) is 6.33. The zero-order chi connectivity index (χ0) is 15.1. The van der Waals surface area contributed by atoms with Crippen molar-refractivity contribution in [2.75, 3.05) is 0 Å². The first kappa shape index (κ1) is 13.2. The van der Waals surface area contributed by atoms with Gasteiger partial charge in [0.05, 0.1) is 5.52 Å². The van der Waals surface area contributed by atoms with Gasteiger partial charge in [0, 0.05) is 17.7 Å². The number of carbonyl (C=O) groups is 1. The molecule has 0 fully saturated rings. The van der Waals surface area contributed by atoms with Crippen LogP contribution in [0.3, 0.4) is 0 Å². The van der Waals surface area contributed by atoms with Crippen molar-refractivity contribution >= 4 is 17.1 Å². The molecule has 3 rings (SSSR count). The van der Waals surface area contributed by atoms with Gasteiger partial charge in [0.1, 0.15) is 5.69 Å². The van der Waals surface area contributed by atoms with Crippen molar-refractivity contribution in [2.45, 2.75) is 19.9 Å². The van der Waals surface area contributed by atoms with Gasteiger partial charge < -0.3 is 14.0 Å². The van der Waals surface area contributed by atoms with Crippen LogP contribution in [0.1, 0.15) is 30.4 Å². The van der Waals surface area contributed by atoms with Gasteiger partial charge in [-0.2, -0.15) is 0 Å². The van der Waals surface area contributed by atoms with Crippen LogP contribution in [-0.2, 0) is 0 Å². The van der Waals surface area contributed by atoms with Crippen LogP contribution in [-0.4, -0.2) is 20.8 Å². The minimum absolute atomic E-state index is 0.0547. The van der Waals surface area contributed by atoms with Crippen molar-refractivity contribution in [3.8, 4) is 11.3 Å². The summed E-state index contributed by atoms with van der Waals surface area (Å²) in [5.41, 5.74) is 2.14. The van der Waals surface area contributed by atoms with Crippen LogP contribution in [0.2, 0.25) is 0 Å². The van der Waals surface area contributed by atoms with E-state index in [1.807, 2.05) is 13.8 Å². The molecule has 0 aliphatic heterocycles. The molecule has 7 heteroatoms. The number of hydrogen-bond donors (Lipinski definition) is 1. The van der Waals surface area contributed by atoms with Crippen molar-refractivity contribution < 1.29 is 18.8 Å². The monoisotopic (exact) mass is 288 g/mol. The Morgan fingerprint density at radius 2 is 2.10 bits per heavy atom. The van der Waals surface area contributed by atoms with Gasteiger partial charge in [0.15, 0.2) is 5.58 Å². The summed E-state index contributed by atoms with van der Waals surface area (Å²) in [4.78, 5) is 22.6. The van der Waals surface area contributed by atoms with E-state index in [0.717, 1.165) is 0 Å². The minimum atomic E-state index is -1.18. The molecule has 0 spiro atoms. The van der Waals surface area contributed by atoms with Crippen molar-refractivity contribution in [1.82, 2.24) is 9.72 Å². The van der Waals surface area contributed by atoms with Gasteiger partial charge in [-0.1, -0.05) is 5.16 Å². The summed E-state index contributed by atoms with van der Waals surface area (Å²) in [7, 11) is 0. The molecule has 21 heavy (non-hydrogen) atoms. The summed E-state index contributed by atoms with van der Waals surface area (Å²) in [6.45, 7) is 3.75. The number of fused-ring (bicyclic) bond motifs is 1. The Bertz CT molecular complexity index is 884. The third kappa shape index (κ3) is 2.12. The van der Waals surface area contributed by atoms with Crippen LogP contribution in [0.5, 0.6) is 0 Å². The molecule has 0 amide bonds. The summed E-state index contributed by atoms with van der Waals surface area (Å²) < 4.78 is 11.4. The maximum atomic E-state index is 11.8. The molecule has 0 radical (unpaired) electrons. The Morgan fingerprint density at radius 3 is 2.71 bits per heavy atom. The Morgan fingerprint density at radius 1 is 1.33 bits per heavy atom. The number of aromatic nitrogens is 2. The number of nitrogens with zero attached hydrogens (tertiary/aromatic N) is 2. The normalized spacial score (nSPS) is 11.4. The number of carboxylic acid groups (broad SMARTS) is 1. The molecule has 2 heterocycles. The van der Waals surface area contributed by atoms with E-state index in [1.165, 1.54) is 10.6 Å². The summed E-state index contributed by atoms with van der Waals surface area (Å²) in [5.74, 6) is -1.85. The van der Waals surface area contributed by atoms with E-state index in [4.69, 9.17) is 14.0 Å². The van der Waals surface area contributed by atoms with E-state index in [1.54, 1.807) is 18.2 Å². The standard InChI is InChI=1S/C14H12N2O5/c1-7(2)16-10-5-8(3-4-11(10)20-14(16)19)9-6-12(13(17)18)21-15-9/h3-7H,1-2H3,(H,17,18). The molecule has 0 saturated carbocycles. The van der Waals surface area contributed by atoms with E-state index in [2.05, 4.69) is 5.16 Å². The lowest BCUT2D eigenvalue weighted by Gasteiger charge is -2.05. The smallest absolute Gasteiger partial charge is 0.420 e. The number of hydrogen-bond acceptors (Lipinski definition) is 5. The highest BCUT2D eigenvalue weighted by Crippen LogP contribution is 2.25. The average Bonchev–Trinajstić information content (AvgIpc) is 3.00. The minimum Gasteiger partial charge on any atom is -0.475 e. The second kappa shape index (κ2) is 4.62. The average molecular weight is 288 g/mol. The molecule has 0 aliphatic rings. The predicted molar refractivity (Wildman–Crippen MR) is 73.3 cm³/mol. The number of aromatic carboxylic acids is 1.